The van der Waals surface area contributed by atoms with Gasteiger partial charge >= 0.3 is 0 Å². The van der Waals surface area contributed by atoms with E-state index in [-0.39, 0.29) is 5.60 Å². The zero-order chi connectivity index (χ0) is 15.3. The molecule has 0 aromatic heterocycles. The van der Waals surface area contributed by atoms with Crippen LogP contribution in [0.4, 0.5) is 0 Å². The third kappa shape index (κ3) is 4.85. The van der Waals surface area contributed by atoms with E-state index in [2.05, 4.69) is 41.8 Å². The second-order valence-corrected chi connectivity index (χ2v) is 6.88. The zero-order valence-electron chi connectivity index (χ0n) is 13.7. The molecule has 0 unspecified atom stereocenters. The first-order chi connectivity index (χ1) is 9.99. The molecular weight excluding hydrogens is 260 g/mol. The topological polar surface area (TPSA) is 33.6 Å². The summed E-state index contributed by atoms with van der Waals surface area (Å²) in [5.74, 6) is 0.499. The van der Waals surface area contributed by atoms with Gasteiger partial charge in [0.2, 0.25) is 0 Å². The quantitative estimate of drug-likeness (QED) is 0.671. The van der Waals surface area contributed by atoms with Crippen molar-refractivity contribution in [2.75, 3.05) is 7.05 Å². The number of oxime groups is 1. The maximum absolute atomic E-state index is 5.72. The minimum absolute atomic E-state index is 0.248. The number of nitrogens with one attached hydrogen (secondary N) is 1. The van der Waals surface area contributed by atoms with Crippen LogP contribution in [0.1, 0.15) is 52.0 Å². The van der Waals surface area contributed by atoms with Crippen LogP contribution in [0.15, 0.2) is 35.5 Å². The maximum Gasteiger partial charge on any atom is 0.129 e. The number of rotatable bonds is 4. The number of nitrogens with zero attached hydrogens (tertiary/aromatic N) is 1. The summed E-state index contributed by atoms with van der Waals surface area (Å²) in [6.45, 7) is 6.12. The van der Waals surface area contributed by atoms with Crippen LogP contribution in [0.5, 0.6) is 0 Å². The highest BCUT2D eigenvalue weighted by molar-refractivity contribution is 6.01. The van der Waals surface area contributed by atoms with Crippen molar-refractivity contribution in [1.82, 2.24) is 5.32 Å². The van der Waals surface area contributed by atoms with E-state index in [4.69, 9.17) is 4.84 Å². The van der Waals surface area contributed by atoms with Gasteiger partial charge in [-0.1, -0.05) is 35.5 Å². The van der Waals surface area contributed by atoms with Gasteiger partial charge in [-0.25, -0.2) is 0 Å². The van der Waals surface area contributed by atoms with Gasteiger partial charge < -0.3 is 10.2 Å². The van der Waals surface area contributed by atoms with Crippen molar-refractivity contribution >= 4 is 5.71 Å². The summed E-state index contributed by atoms with van der Waals surface area (Å²) in [7, 11) is 2.06. The molecule has 0 heterocycles. The molecule has 3 heteroatoms. The average Bonchev–Trinajstić information content (AvgIpc) is 2.48. The summed E-state index contributed by atoms with van der Waals surface area (Å²) in [5.41, 5.74) is 2.05. The molecule has 1 N–H and O–H groups in total. The molecule has 1 aliphatic rings. The summed E-state index contributed by atoms with van der Waals surface area (Å²) >= 11 is 0. The molecule has 1 aliphatic carbocycles. The van der Waals surface area contributed by atoms with Crippen LogP contribution in [0.25, 0.3) is 0 Å². The fraction of sp³-hybridized carbons (Fsp3) is 0.611. The molecule has 0 atom stereocenters. The van der Waals surface area contributed by atoms with Gasteiger partial charge in [-0.15, -0.1) is 0 Å². The Labute approximate surface area is 128 Å². The molecule has 1 aromatic carbocycles. The van der Waals surface area contributed by atoms with E-state index in [1.165, 1.54) is 31.2 Å². The molecule has 1 saturated carbocycles. The summed E-state index contributed by atoms with van der Waals surface area (Å²) in [6, 6.07) is 11.1. The highest BCUT2D eigenvalue weighted by Crippen LogP contribution is 2.28. The third-order valence-corrected chi connectivity index (χ3v) is 4.01. The average molecular weight is 288 g/mol. The SMILES string of the molecule is CNC1CCC(/C(=N/OC(C)(C)C)c2ccccc2)CC1. The first-order valence-electron chi connectivity index (χ1n) is 7.98. The molecule has 1 fully saturated rings. The van der Waals surface area contributed by atoms with Crippen molar-refractivity contribution in [3.8, 4) is 0 Å². The van der Waals surface area contributed by atoms with E-state index in [1.54, 1.807) is 0 Å². The van der Waals surface area contributed by atoms with Gasteiger partial charge in [-0.3, -0.25) is 0 Å². The van der Waals surface area contributed by atoms with Gasteiger partial charge in [0, 0.05) is 12.0 Å². The first kappa shape index (κ1) is 16.0. The van der Waals surface area contributed by atoms with Gasteiger partial charge in [-0.05, 0) is 59.1 Å². The fourth-order valence-electron chi connectivity index (χ4n) is 2.81. The predicted molar refractivity (Wildman–Crippen MR) is 88.6 cm³/mol. The van der Waals surface area contributed by atoms with E-state index >= 15 is 0 Å². The third-order valence-electron chi connectivity index (χ3n) is 4.01. The van der Waals surface area contributed by atoms with Crippen molar-refractivity contribution in [2.24, 2.45) is 11.1 Å². The van der Waals surface area contributed by atoms with Crippen LogP contribution in [-0.2, 0) is 4.84 Å². The maximum atomic E-state index is 5.72. The molecular formula is C18H28N2O. The molecule has 0 bridgehead atoms. The first-order valence-corrected chi connectivity index (χ1v) is 7.98. The lowest BCUT2D eigenvalue weighted by molar-refractivity contribution is -0.0000441. The standard InChI is InChI=1S/C18H28N2O/c1-18(2,3)21-20-17(14-8-6-5-7-9-14)15-10-12-16(19-4)13-11-15/h5-9,15-16,19H,10-13H2,1-4H3/b20-17+. The molecule has 0 radical (unpaired) electrons. The molecule has 0 amide bonds. The second-order valence-electron chi connectivity index (χ2n) is 6.88. The van der Waals surface area contributed by atoms with Crippen LogP contribution in [0.3, 0.4) is 0 Å². The van der Waals surface area contributed by atoms with Gasteiger partial charge in [0.05, 0.1) is 5.71 Å². The summed E-state index contributed by atoms with van der Waals surface area (Å²) in [5, 5.41) is 7.92. The summed E-state index contributed by atoms with van der Waals surface area (Å²) < 4.78 is 0. The Hall–Kier alpha value is -1.35. The Balaban J connectivity index is 2.17. The molecule has 1 aromatic rings. The van der Waals surface area contributed by atoms with Crippen LogP contribution in [-0.4, -0.2) is 24.4 Å². The summed E-state index contributed by atoms with van der Waals surface area (Å²) in [4.78, 5) is 5.72. The van der Waals surface area contributed by atoms with Crippen molar-refractivity contribution in [2.45, 2.75) is 58.1 Å². The van der Waals surface area contributed by atoms with Crippen LogP contribution < -0.4 is 5.32 Å². The lowest BCUT2D eigenvalue weighted by Crippen LogP contribution is -2.33. The van der Waals surface area contributed by atoms with Gasteiger partial charge in [0.15, 0.2) is 0 Å². The smallest absolute Gasteiger partial charge is 0.129 e. The minimum atomic E-state index is -0.248. The molecule has 2 rings (SSSR count). The number of hydrogen-bond donors (Lipinski definition) is 1. The fourth-order valence-corrected chi connectivity index (χ4v) is 2.81. The summed E-state index contributed by atoms with van der Waals surface area (Å²) in [6.07, 6.45) is 4.77. The molecule has 21 heavy (non-hydrogen) atoms. The largest absolute Gasteiger partial charge is 0.390 e. The Morgan fingerprint density at radius 2 is 1.71 bits per heavy atom. The van der Waals surface area contributed by atoms with Crippen LogP contribution in [0.2, 0.25) is 0 Å². The van der Waals surface area contributed by atoms with Gasteiger partial charge in [0.1, 0.15) is 5.60 Å². The van der Waals surface area contributed by atoms with Crippen LogP contribution >= 0.6 is 0 Å². The molecule has 0 aliphatic heterocycles. The van der Waals surface area contributed by atoms with Crippen molar-refractivity contribution < 1.29 is 4.84 Å². The normalized spacial score (nSPS) is 23.9. The van der Waals surface area contributed by atoms with E-state index in [0.717, 1.165) is 5.71 Å². The highest BCUT2D eigenvalue weighted by Gasteiger charge is 2.26. The highest BCUT2D eigenvalue weighted by atomic mass is 16.6. The second kappa shape index (κ2) is 7.08. The van der Waals surface area contributed by atoms with E-state index in [1.807, 2.05) is 26.8 Å². The lowest BCUT2D eigenvalue weighted by Gasteiger charge is -2.29. The van der Waals surface area contributed by atoms with Gasteiger partial charge in [0.25, 0.3) is 0 Å². The van der Waals surface area contributed by atoms with Crippen LogP contribution in [0, 0.1) is 5.92 Å². The molecule has 0 saturated heterocycles. The lowest BCUT2D eigenvalue weighted by atomic mass is 9.81. The number of benzene rings is 1. The van der Waals surface area contributed by atoms with E-state index < -0.39 is 0 Å². The van der Waals surface area contributed by atoms with Crippen molar-refractivity contribution in [1.29, 1.82) is 0 Å². The Kier molecular flexibility index (Phi) is 5.40. The minimum Gasteiger partial charge on any atom is -0.390 e. The monoisotopic (exact) mass is 288 g/mol. The van der Waals surface area contributed by atoms with Crippen molar-refractivity contribution in [3.63, 3.8) is 0 Å². The Morgan fingerprint density at radius 3 is 2.24 bits per heavy atom. The van der Waals surface area contributed by atoms with Gasteiger partial charge in [-0.2, -0.15) is 0 Å². The molecule has 116 valence electrons. The Bertz CT molecular complexity index is 454. The predicted octanol–water partition coefficient (Wildman–Crippen LogP) is 3.98. The molecule has 3 nitrogen and oxygen atoms in total. The Morgan fingerprint density at radius 1 is 1.10 bits per heavy atom. The van der Waals surface area contributed by atoms with Crippen molar-refractivity contribution in [3.05, 3.63) is 35.9 Å². The molecule has 0 spiro atoms. The zero-order valence-corrected chi connectivity index (χ0v) is 13.7. The van der Waals surface area contributed by atoms with E-state index in [0.29, 0.717) is 12.0 Å². The van der Waals surface area contributed by atoms with E-state index in [9.17, 15) is 0 Å². The number of hydrogen-bond acceptors (Lipinski definition) is 3.